The van der Waals surface area contributed by atoms with E-state index in [9.17, 15) is 8.42 Å². The van der Waals surface area contributed by atoms with E-state index in [0.29, 0.717) is 18.8 Å². The molecule has 1 aliphatic heterocycles. The van der Waals surface area contributed by atoms with Crippen LogP contribution in [-0.4, -0.2) is 39.0 Å². The van der Waals surface area contributed by atoms with Crippen LogP contribution in [0.3, 0.4) is 0 Å². The summed E-state index contributed by atoms with van der Waals surface area (Å²) in [6.45, 7) is 6.68. The van der Waals surface area contributed by atoms with Crippen LogP contribution >= 0.6 is 12.4 Å². The van der Waals surface area contributed by atoms with Crippen molar-refractivity contribution in [2.75, 3.05) is 20.2 Å². The van der Waals surface area contributed by atoms with Gasteiger partial charge >= 0.3 is 0 Å². The Morgan fingerprint density at radius 1 is 1.36 bits per heavy atom. The Balaban J connectivity index is 0.00000242. The second kappa shape index (κ2) is 7.17. The second-order valence-corrected chi connectivity index (χ2v) is 7.73. The third kappa shape index (κ3) is 3.40. The minimum atomic E-state index is -3.57. The normalized spacial score (nSPS) is 22.4. The lowest BCUT2D eigenvalue weighted by atomic mass is 10.1. The topological polar surface area (TPSA) is 72.6 Å². The van der Waals surface area contributed by atoms with Crippen LogP contribution in [0.25, 0.3) is 0 Å². The minimum Gasteiger partial charge on any atom is -0.495 e. The van der Waals surface area contributed by atoms with Crippen molar-refractivity contribution in [3.63, 3.8) is 0 Å². The van der Waals surface area contributed by atoms with Crippen LogP contribution < -0.4 is 10.5 Å². The molecular formula is C15H25ClN2O3S. The first-order valence-electron chi connectivity index (χ1n) is 7.18. The van der Waals surface area contributed by atoms with Gasteiger partial charge in [0.1, 0.15) is 10.6 Å². The number of nitrogens with zero attached hydrogens (tertiary/aromatic N) is 1. The maximum atomic E-state index is 13.0. The van der Waals surface area contributed by atoms with Gasteiger partial charge in [0.25, 0.3) is 0 Å². The number of hydrogen-bond acceptors (Lipinski definition) is 4. The van der Waals surface area contributed by atoms with Crippen molar-refractivity contribution in [3.8, 4) is 5.75 Å². The third-order valence-corrected chi connectivity index (χ3v) is 6.10. The average Bonchev–Trinajstić information content (AvgIpc) is 2.80. The number of ether oxygens (including phenoxy) is 1. The van der Waals surface area contributed by atoms with Gasteiger partial charge < -0.3 is 10.5 Å². The van der Waals surface area contributed by atoms with E-state index in [2.05, 4.69) is 0 Å². The van der Waals surface area contributed by atoms with Gasteiger partial charge in [0, 0.05) is 12.6 Å². The summed E-state index contributed by atoms with van der Waals surface area (Å²) in [5, 5.41) is 0. The molecule has 0 saturated carbocycles. The molecule has 1 saturated heterocycles. The van der Waals surface area contributed by atoms with Crippen LogP contribution in [0, 0.1) is 19.8 Å². The van der Waals surface area contributed by atoms with Crippen LogP contribution in [0.5, 0.6) is 5.75 Å². The van der Waals surface area contributed by atoms with Crippen molar-refractivity contribution in [2.24, 2.45) is 11.7 Å². The fourth-order valence-electron chi connectivity index (χ4n) is 3.11. The first-order chi connectivity index (χ1) is 9.81. The van der Waals surface area contributed by atoms with Crippen molar-refractivity contribution < 1.29 is 13.2 Å². The molecule has 5 nitrogen and oxygen atoms in total. The van der Waals surface area contributed by atoms with E-state index in [4.69, 9.17) is 10.5 Å². The molecule has 0 spiro atoms. The highest BCUT2D eigenvalue weighted by Gasteiger charge is 2.38. The Morgan fingerprint density at radius 3 is 2.50 bits per heavy atom. The SMILES string of the molecule is COc1c(C)cc(C)cc1S(=O)(=O)N1CC(CN)CC1C.Cl. The number of methoxy groups -OCH3 is 1. The zero-order chi connectivity index (χ0) is 15.8. The van der Waals surface area contributed by atoms with E-state index in [1.54, 1.807) is 10.4 Å². The van der Waals surface area contributed by atoms with Crippen molar-refractivity contribution in [1.29, 1.82) is 0 Å². The highest BCUT2D eigenvalue weighted by atomic mass is 35.5. The van der Waals surface area contributed by atoms with Crippen LogP contribution in [0.1, 0.15) is 24.5 Å². The maximum Gasteiger partial charge on any atom is 0.247 e. The van der Waals surface area contributed by atoms with E-state index in [1.165, 1.54) is 7.11 Å². The highest BCUT2D eigenvalue weighted by Crippen LogP contribution is 2.35. The Hall–Kier alpha value is -0.820. The van der Waals surface area contributed by atoms with Crippen LogP contribution in [0.4, 0.5) is 0 Å². The number of hydrogen-bond donors (Lipinski definition) is 1. The lowest BCUT2D eigenvalue weighted by molar-refractivity contribution is 0.383. The number of aryl methyl sites for hydroxylation is 2. The first kappa shape index (κ1) is 19.2. The molecule has 0 amide bonds. The van der Waals surface area contributed by atoms with Crippen molar-refractivity contribution >= 4 is 22.4 Å². The zero-order valence-corrected chi connectivity index (χ0v) is 15.1. The second-order valence-electron chi connectivity index (χ2n) is 5.87. The van der Waals surface area contributed by atoms with Gasteiger partial charge in [-0.1, -0.05) is 6.07 Å². The molecule has 1 heterocycles. The Labute approximate surface area is 139 Å². The van der Waals surface area contributed by atoms with Gasteiger partial charge in [0.05, 0.1) is 7.11 Å². The number of rotatable bonds is 4. The molecule has 1 fully saturated rings. The molecule has 22 heavy (non-hydrogen) atoms. The van der Waals surface area contributed by atoms with Crippen LogP contribution in [-0.2, 0) is 10.0 Å². The highest BCUT2D eigenvalue weighted by molar-refractivity contribution is 7.89. The van der Waals surface area contributed by atoms with E-state index >= 15 is 0 Å². The number of halogens is 1. The predicted octanol–water partition coefficient (Wildman–Crippen LogP) is 2.09. The molecule has 1 aliphatic rings. The lowest BCUT2D eigenvalue weighted by Gasteiger charge is -2.23. The summed E-state index contributed by atoms with van der Waals surface area (Å²) in [6.07, 6.45) is 0.808. The average molecular weight is 349 g/mol. The molecule has 1 aromatic rings. The predicted molar refractivity (Wildman–Crippen MR) is 90.2 cm³/mol. The fraction of sp³-hybridized carbons (Fsp3) is 0.600. The summed E-state index contributed by atoms with van der Waals surface area (Å²) in [7, 11) is -2.06. The smallest absolute Gasteiger partial charge is 0.247 e. The quantitative estimate of drug-likeness (QED) is 0.904. The summed E-state index contributed by atoms with van der Waals surface area (Å²) < 4.78 is 32.9. The van der Waals surface area contributed by atoms with E-state index in [0.717, 1.165) is 17.5 Å². The van der Waals surface area contributed by atoms with Gasteiger partial charge in [-0.25, -0.2) is 8.42 Å². The third-order valence-electron chi connectivity index (χ3n) is 4.11. The van der Waals surface area contributed by atoms with Gasteiger partial charge in [0.15, 0.2) is 0 Å². The molecule has 0 radical (unpaired) electrons. The maximum absolute atomic E-state index is 13.0. The van der Waals surface area contributed by atoms with Gasteiger partial charge in [-0.3, -0.25) is 0 Å². The number of sulfonamides is 1. The summed E-state index contributed by atoms with van der Waals surface area (Å²) in [5.74, 6) is 0.663. The molecule has 7 heteroatoms. The van der Waals surface area contributed by atoms with Gasteiger partial charge in [0.2, 0.25) is 10.0 Å². The van der Waals surface area contributed by atoms with E-state index < -0.39 is 10.0 Å². The first-order valence-corrected chi connectivity index (χ1v) is 8.62. The molecule has 126 valence electrons. The molecule has 1 aromatic carbocycles. The summed E-state index contributed by atoms with van der Waals surface area (Å²) in [5.41, 5.74) is 7.44. The van der Waals surface area contributed by atoms with Crippen LogP contribution in [0.15, 0.2) is 17.0 Å². The molecule has 0 aliphatic carbocycles. The molecule has 0 bridgehead atoms. The molecule has 2 unspecified atom stereocenters. The Kier molecular flexibility index (Phi) is 6.27. The van der Waals surface area contributed by atoms with Crippen molar-refractivity contribution in [1.82, 2.24) is 4.31 Å². The fourth-order valence-corrected chi connectivity index (χ4v) is 5.14. The molecule has 2 N–H and O–H groups in total. The van der Waals surface area contributed by atoms with E-state index in [1.807, 2.05) is 26.8 Å². The summed E-state index contributed by atoms with van der Waals surface area (Å²) in [6, 6.07) is 3.58. The van der Waals surface area contributed by atoms with Gasteiger partial charge in [-0.2, -0.15) is 4.31 Å². The lowest BCUT2D eigenvalue weighted by Crippen LogP contribution is -2.34. The van der Waals surface area contributed by atoms with Crippen LogP contribution in [0.2, 0.25) is 0 Å². The summed E-state index contributed by atoms with van der Waals surface area (Å²) >= 11 is 0. The molecule has 2 rings (SSSR count). The standard InChI is InChI=1S/C15H24N2O3S.ClH/c1-10-5-11(2)15(20-4)14(6-10)21(18,19)17-9-13(8-16)7-12(17)3;/h5-6,12-13H,7-9,16H2,1-4H3;1H. The summed E-state index contributed by atoms with van der Waals surface area (Å²) in [4.78, 5) is 0.257. The Morgan fingerprint density at radius 2 is 2.00 bits per heavy atom. The Bertz CT molecular complexity index is 634. The van der Waals surface area contributed by atoms with Gasteiger partial charge in [-0.15, -0.1) is 12.4 Å². The van der Waals surface area contributed by atoms with Crippen molar-refractivity contribution in [3.05, 3.63) is 23.3 Å². The molecular weight excluding hydrogens is 324 g/mol. The van der Waals surface area contributed by atoms with Crippen molar-refractivity contribution in [2.45, 2.75) is 38.1 Å². The van der Waals surface area contributed by atoms with Gasteiger partial charge in [-0.05, 0) is 56.8 Å². The van der Waals surface area contributed by atoms with E-state index in [-0.39, 0.29) is 29.3 Å². The molecule has 0 aromatic heterocycles. The largest absolute Gasteiger partial charge is 0.495 e. The number of nitrogens with two attached hydrogens (primary N) is 1. The monoisotopic (exact) mass is 348 g/mol. The number of benzene rings is 1. The minimum absolute atomic E-state index is 0. The molecule has 2 atom stereocenters. The zero-order valence-electron chi connectivity index (χ0n) is 13.5.